The maximum Gasteiger partial charge on any atom is 0.0213 e. The lowest BCUT2D eigenvalue weighted by Crippen LogP contribution is -2.43. The second-order valence-corrected chi connectivity index (χ2v) is 6.34. The Hall–Kier alpha value is -0.820. The van der Waals surface area contributed by atoms with Gasteiger partial charge in [-0.1, -0.05) is 31.4 Å². The Labute approximate surface area is 112 Å². The molecule has 0 bridgehead atoms. The van der Waals surface area contributed by atoms with Crippen LogP contribution in [0.15, 0.2) is 12.1 Å². The first-order valence-corrected chi connectivity index (χ1v) is 7.32. The third-order valence-corrected chi connectivity index (χ3v) is 4.61. The van der Waals surface area contributed by atoms with Crippen LogP contribution in [0.3, 0.4) is 0 Å². The van der Waals surface area contributed by atoms with Crippen LogP contribution < -0.4 is 5.32 Å². The van der Waals surface area contributed by atoms with Gasteiger partial charge in [0.2, 0.25) is 0 Å². The summed E-state index contributed by atoms with van der Waals surface area (Å²) in [4.78, 5) is 0. The molecule has 18 heavy (non-hydrogen) atoms. The first-order valence-electron chi connectivity index (χ1n) is 7.32. The molecule has 100 valence electrons. The fourth-order valence-electron chi connectivity index (χ4n) is 3.03. The van der Waals surface area contributed by atoms with E-state index in [0.717, 1.165) is 6.54 Å². The van der Waals surface area contributed by atoms with Crippen molar-refractivity contribution in [1.82, 2.24) is 5.32 Å². The number of hydrogen-bond acceptors (Lipinski definition) is 1. The van der Waals surface area contributed by atoms with Crippen molar-refractivity contribution >= 4 is 0 Å². The first kappa shape index (κ1) is 13.6. The molecule has 0 radical (unpaired) electrons. The highest BCUT2D eigenvalue weighted by Crippen LogP contribution is 2.28. The van der Waals surface area contributed by atoms with Crippen molar-refractivity contribution in [3.8, 4) is 0 Å². The molecule has 1 heteroatoms. The number of rotatable bonds is 3. The molecule has 0 saturated heterocycles. The fraction of sp³-hybridized carbons (Fsp3) is 0.647. The van der Waals surface area contributed by atoms with Gasteiger partial charge in [-0.25, -0.2) is 0 Å². The van der Waals surface area contributed by atoms with Crippen LogP contribution in [0.25, 0.3) is 0 Å². The summed E-state index contributed by atoms with van der Waals surface area (Å²) in [6, 6.07) is 4.67. The van der Waals surface area contributed by atoms with Gasteiger partial charge in [0.15, 0.2) is 0 Å². The van der Waals surface area contributed by atoms with E-state index in [9.17, 15) is 0 Å². The van der Waals surface area contributed by atoms with Crippen LogP contribution in [0.4, 0.5) is 0 Å². The molecule has 1 aliphatic carbocycles. The molecule has 0 aromatic heterocycles. The van der Waals surface area contributed by atoms with Crippen molar-refractivity contribution < 1.29 is 0 Å². The maximum atomic E-state index is 3.80. The lowest BCUT2D eigenvalue weighted by molar-refractivity contribution is 0.252. The van der Waals surface area contributed by atoms with Crippen molar-refractivity contribution in [3.05, 3.63) is 34.4 Å². The Morgan fingerprint density at radius 1 is 0.944 bits per heavy atom. The van der Waals surface area contributed by atoms with Gasteiger partial charge in [0.1, 0.15) is 0 Å². The van der Waals surface area contributed by atoms with Gasteiger partial charge in [-0.15, -0.1) is 0 Å². The molecule has 1 saturated carbocycles. The van der Waals surface area contributed by atoms with Gasteiger partial charge in [0.25, 0.3) is 0 Å². The summed E-state index contributed by atoms with van der Waals surface area (Å²) in [5.41, 5.74) is 6.06. The minimum Gasteiger partial charge on any atom is -0.307 e. The van der Waals surface area contributed by atoms with E-state index in [1.807, 2.05) is 0 Å². The Kier molecular flexibility index (Phi) is 4.11. The van der Waals surface area contributed by atoms with Gasteiger partial charge in [0.05, 0.1) is 0 Å². The molecule has 0 aliphatic heterocycles. The Balaban J connectivity index is 2.03. The van der Waals surface area contributed by atoms with Crippen molar-refractivity contribution in [2.45, 2.75) is 71.9 Å². The van der Waals surface area contributed by atoms with Crippen LogP contribution >= 0.6 is 0 Å². The molecule has 1 aliphatic rings. The topological polar surface area (TPSA) is 12.0 Å². The maximum absolute atomic E-state index is 3.80. The minimum atomic E-state index is 0.365. The number of nitrogens with one attached hydrogen (secondary N) is 1. The van der Waals surface area contributed by atoms with Crippen molar-refractivity contribution in [3.63, 3.8) is 0 Å². The van der Waals surface area contributed by atoms with E-state index in [4.69, 9.17) is 0 Å². The molecular formula is C17H27N. The lowest BCUT2D eigenvalue weighted by Gasteiger charge is -2.35. The van der Waals surface area contributed by atoms with E-state index in [0.29, 0.717) is 5.54 Å². The van der Waals surface area contributed by atoms with Gasteiger partial charge in [-0.05, 0) is 62.8 Å². The molecule has 2 rings (SSSR count). The molecule has 1 aromatic carbocycles. The normalized spacial score (nSPS) is 18.9. The van der Waals surface area contributed by atoms with Crippen LogP contribution in [-0.2, 0) is 6.54 Å². The number of aryl methyl sites for hydroxylation is 3. The molecule has 1 nitrogen and oxygen atoms in total. The van der Waals surface area contributed by atoms with Crippen molar-refractivity contribution in [2.24, 2.45) is 0 Å². The third-order valence-electron chi connectivity index (χ3n) is 4.61. The molecular weight excluding hydrogens is 218 g/mol. The zero-order valence-corrected chi connectivity index (χ0v) is 12.4. The molecule has 1 fully saturated rings. The van der Waals surface area contributed by atoms with Gasteiger partial charge in [-0.2, -0.15) is 0 Å². The SMILES string of the molecule is Cc1cc(C)c(CNC2(C)CCCCC2)cc1C. The second-order valence-electron chi connectivity index (χ2n) is 6.34. The van der Waals surface area contributed by atoms with E-state index in [2.05, 4.69) is 45.1 Å². The molecule has 1 N–H and O–H groups in total. The summed E-state index contributed by atoms with van der Waals surface area (Å²) in [5, 5.41) is 3.80. The van der Waals surface area contributed by atoms with E-state index < -0.39 is 0 Å². The average molecular weight is 245 g/mol. The smallest absolute Gasteiger partial charge is 0.0213 e. The Bertz CT molecular complexity index is 414. The Morgan fingerprint density at radius 3 is 2.22 bits per heavy atom. The minimum absolute atomic E-state index is 0.365. The quantitative estimate of drug-likeness (QED) is 0.831. The van der Waals surface area contributed by atoms with Crippen LogP contribution in [0.1, 0.15) is 61.3 Å². The first-order chi connectivity index (χ1) is 8.50. The highest BCUT2D eigenvalue weighted by Gasteiger charge is 2.25. The predicted molar refractivity (Wildman–Crippen MR) is 79.0 cm³/mol. The average Bonchev–Trinajstić information content (AvgIpc) is 2.33. The van der Waals surface area contributed by atoms with Gasteiger partial charge in [0, 0.05) is 12.1 Å². The monoisotopic (exact) mass is 245 g/mol. The summed E-state index contributed by atoms with van der Waals surface area (Å²) in [6.07, 6.45) is 6.85. The highest BCUT2D eigenvalue weighted by molar-refractivity contribution is 5.36. The summed E-state index contributed by atoms with van der Waals surface area (Å²) in [5.74, 6) is 0. The van der Waals surface area contributed by atoms with E-state index in [1.165, 1.54) is 54.4 Å². The van der Waals surface area contributed by atoms with Crippen molar-refractivity contribution in [1.29, 1.82) is 0 Å². The molecule has 0 heterocycles. The summed E-state index contributed by atoms with van der Waals surface area (Å²) in [7, 11) is 0. The van der Waals surface area contributed by atoms with Crippen LogP contribution in [0.5, 0.6) is 0 Å². The van der Waals surface area contributed by atoms with Gasteiger partial charge in [-0.3, -0.25) is 0 Å². The molecule has 1 aromatic rings. The third kappa shape index (κ3) is 3.14. The standard InChI is InChI=1S/C17H27N/c1-13-10-15(3)16(11-14(13)2)12-18-17(4)8-6-5-7-9-17/h10-11,18H,5-9,12H2,1-4H3. The summed E-state index contributed by atoms with van der Waals surface area (Å²) < 4.78 is 0. The lowest BCUT2D eigenvalue weighted by atomic mass is 9.83. The van der Waals surface area contributed by atoms with E-state index >= 15 is 0 Å². The molecule has 0 unspecified atom stereocenters. The number of benzene rings is 1. The van der Waals surface area contributed by atoms with Crippen molar-refractivity contribution in [2.75, 3.05) is 0 Å². The fourth-order valence-corrected chi connectivity index (χ4v) is 3.03. The molecule has 0 atom stereocenters. The predicted octanol–water partition coefficient (Wildman–Crippen LogP) is 4.42. The van der Waals surface area contributed by atoms with Gasteiger partial charge >= 0.3 is 0 Å². The highest BCUT2D eigenvalue weighted by atomic mass is 15.0. The summed E-state index contributed by atoms with van der Waals surface area (Å²) in [6.45, 7) is 10.0. The van der Waals surface area contributed by atoms with Gasteiger partial charge < -0.3 is 5.32 Å². The largest absolute Gasteiger partial charge is 0.307 e. The van der Waals surface area contributed by atoms with Crippen LogP contribution in [0.2, 0.25) is 0 Å². The van der Waals surface area contributed by atoms with E-state index in [-0.39, 0.29) is 0 Å². The molecule has 0 amide bonds. The van der Waals surface area contributed by atoms with Crippen LogP contribution in [-0.4, -0.2) is 5.54 Å². The van der Waals surface area contributed by atoms with E-state index in [1.54, 1.807) is 0 Å². The van der Waals surface area contributed by atoms with Crippen LogP contribution in [0, 0.1) is 20.8 Å². The second kappa shape index (κ2) is 5.44. The molecule has 0 spiro atoms. The zero-order chi connectivity index (χ0) is 13.2. The zero-order valence-electron chi connectivity index (χ0n) is 12.4. The Morgan fingerprint density at radius 2 is 1.56 bits per heavy atom. The number of hydrogen-bond donors (Lipinski definition) is 1. The summed E-state index contributed by atoms with van der Waals surface area (Å²) >= 11 is 0.